The Morgan fingerprint density at radius 2 is 2.29 bits per heavy atom. The molecule has 0 unspecified atom stereocenters. The minimum atomic E-state index is -1.14. The molecular formula is C9H10N2O3. The predicted molar refractivity (Wildman–Crippen MR) is 49.3 cm³/mol. The van der Waals surface area contributed by atoms with Crippen LogP contribution in [0.5, 0.6) is 5.88 Å². The standard InChI is InChI=1S/C9H10N2O3/c10-6-3-4-7(14-5-1-2-5)11-8(6)9(12)13/h3-5H,1-2,10H2,(H,12,13). The summed E-state index contributed by atoms with van der Waals surface area (Å²) in [5.74, 6) is -0.803. The van der Waals surface area contributed by atoms with Crippen LogP contribution >= 0.6 is 0 Å². The minimum Gasteiger partial charge on any atom is -0.476 e. The van der Waals surface area contributed by atoms with Crippen LogP contribution in [0.2, 0.25) is 0 Å². The number of rotatable bonds is 3. The van der Waals surface area contributed by atoms with Crippen molar-refractivity contribution in [3.8, 4) is 5.88 Å². The molecule has 1 aromatic heterocycles. The number of carboxylic acids is 1. The van der Waals surface area contributed by atoms with Gasteiger partial charge in [0.1, 0.15) is 6.10 Å². The topological polar surface area (TPSA) is 85.4 Å². The highest BCUT2D eigenvalue weighted by molar-refractivity contribution is 5.91. The molecule has 1 fully saturated rings. The van der Waals surface area contributed by atoms with Gasteiger partial charge in [0.25, 0.3) is 0 Å². The summed E-state index contributed by atoms with van der Waals surface area (Å²) in [4.78, 5) is 14.5. The molecule has 0 amide bonds. The van der Waals surface area contributed by atoms with Gasteiger partial charge in [0.2, 0.25) is 5.88 Å². The number of anilines is 1. The van der Waals surface area contributed by atoms with Gasteiger partial charge >= 0.3 is 5.97 Å². The van der Waals surface area contributed by atoms with Crippen LogP contribution in [0.1, 0.15) is 23.3 Å². The van der Waals surface area contributed by atoms with E-state index in [1.807, 2.05) is 0 Å². The van der Waals surface area contributed by atoms with Crippen LogP contribution in [0.25, 0.3) is 0 Å². The van der Waals surface area contributed by atoms with Crippen molar-refractivity contribution in [2.75, 3.05) is 5.73 Å². The number of pyridine rings is 1. The van der Waals surface area contributed by atoms with Crippen LogP contribution in [0.15, 0.2) is 12.1 Å². The van der Waals surface area contributed by atoms with E-state index in [1.54, 1.807) is 6.07 Å². The summed E-state index contributed by atoms with van der Waals surface area (Å²) >= 11 is 0. The van der Waals surface area contributed by atoms with Gasteiger partial charge in [-0.25, -0.2) is 9.78 Å². The van der Waals surface area contributed by atoms with E-state index >= 15 is 0 Å². The number of nitrogen functional groups attached to an aromatic ring is 1. The smallest absolute Gasteiger partial charge is 0.356 e. The summed E-state index contributed by atoms with van der Waals surface area (Å²) in [5, 5.41) is 8.74. The number of ether oxygens (including phenoxy) is 1. The molecule has 74 valence electrons. The average Bonchev–Trinajstić information content (AvgIpc) is 2.92. The second-order valence-corrected chi connectivity index (χ2v) is 3.21. The van der Waals surface area contributed by atoms with E-state index in [4.69, 9.17) is 15.6 Å². The predicted octanol–water partition coefficient (Wildman–Crippen LogP) is 0.903. The van der Waals surface area contributed by atoms with Gasteiger partial charge in [-0.3, -0.25) is 0 Å². The fourth-order valence-corrected chi connectivity index (χ4v) is 1.05. The molecule has 0 saturated heterocycles. The highest BCUT2D eigenvalue weighted by Gasteiger charge is 2.24. The molecule has 1 saturated carbocycles. The molecule has 1 aliphatic rings. The fourth-order valence-electron chi connectivity index (χ4n) is 1.05. The zero-order valence-electron chi connectivity index (χ0n) is 7.43. The summed E-state index contributed by atoms with van der Waals surface area (Å²) in [6.07, 6.45) is 2.22. The van der Waals surface area contributed by atoms with E-state index in [1.165, 1.54) is 6.07 Å². The second-order valence-electron chi connectivity index (χ2n) is 3.21. The second kappa shape index (κ2) is 3.17. The molecule has 2 rings (SSSR count). The van der Waals surface area contributed by atoms with Gasteiger partial charge in [0.05, 0.1) is 5.69 Å². The molecule has 1 aliphatic carbocycles. The van der Waals surface area contributed by atoms with Crippen LogP contribution in [-0.4, -0.2) is 22.2 Å². The SMILES string of the molecule is Nc1ccc(OC2CC2)nc1C(=O)O. The molecule has 1 heterocycles. The zero-order valence-corrected chi connectivity index (χ0v) is 7.43. The van der Waals surface area contributed by atoms with E-state index in [2.05, 4.69) is 4.98 Å². The molecule has 1 aromatic rings. The van der Waals surface area contributed by atoms with Gasteiger partial charge < -0.3 is 15.6 Å². The molecule has 0 radical (unpaired) electrons. The molecule has 14 heavy (non-hydrogen) atoms. The maximum atomic E-state index is 10.7. The lowest BCUT2D eigenvalue weighted by molar-refractivity contribution is 0.0690. The van der Waals surface area contributed by atoms with Crippen LogP contribution in [0.4, 0.5) is 5.69 Å². The Morgan fingerprint density at radius 1 is 1.57 bits per heavy atom. The highest BCUT2D eigenvalue weighted by atomic mass is 16.5. The summed E-state index contributed by atoms with van der Waals surface area (Å²) in [5.41, 5.74) is 5.44. The number of aromatic nitrogens is 1. The third kappa shape index (κ3) is 1.76. The van der Waals surface area contributed by atoms with Crippen LogP contribution in [0.3, 0.4) is 0 Å². The number of hydrogen-bond acceptors (Lipinski definition) is 4. The van der Waals surface area contributed by atoms with Crippen molar-refractivity contribution in [2.24, 2.45) is 0 Å². The van der Waals surface area contributed by atoms with Crippen molar-refractivity contribution in [1.82, 2.24) is 4.98 Å². The van der Waals surface area contributed by atoms with Gasteiger partial charge in [0, 0.05) is 6.07 Å². The van der Waals surface area contributed by atoms with Gasteiger partial charge in [-0.15, -0.1) is 0 Å². The quantitative estimate of drug-likeness (QED) is 0.746. The van der Waals surface area contributed by atoms with E-state index in [9.17, 15) is 4.79 Å². The van der Waals surface area contributed by atoms with Crippen molar-refractivity contribution < 1.29 is 14.6 Å². The lowest BCUT2D eigenvalue weighted by Crippen LogP contribution is -2.07. The van der Waals surface area contributed by atoms with Crippen molar-refractivity contribution in [3.05, 3.63) is 17.8 Å². The van der Waals surface area contributed by atoms with E-state index < -0.39 is 5.97 Å². The fraction of sp³-hybridized carbons (Fsp3) is 0.333. The number of hydrogen-bond donors (Lipinski definition) is 2. The van der Waals surface area contributed by atoms with Crippen molar-refractivity contribution >= 4 is 11.7 Å². The molecule has 0 atom stereocenters. The van der Waals surface area contributed by atoms with Gasteiger partial charge in [0.15, 0.2) is 5.69 Å². The highest BCUT2D eigenvalue weighted by Crippen LogP contribution is 2.26. The lowest BCUT2D eigenvalue weighted by Gasteiger charge is -2.05. The first kappa shape index (κ1) is 8.80. The summed E-state index contributed by atoms with van der Waals surface area (Å²) in [7, 11) is 0. The van der Waals surface area contributed by atoms with Gasteiger partial charge in [-0.1, -0.05) is 0 Å². The van der Waals surface area contributed by atoms with Gasteiger partial charge in [-0.05, 0) is 18.9 Å². The summed E-state index contributed by atoms with van der Waals surface area (Å²) in [6.45, 7) is 0. The molecule has 0 aliphatic heterocycles. The minimum absolute atomic E-state index is 0.150. The maximum Gasteiger partial charge on any atom is 0.356 e. The van der Waals surface area contributed by atoms with Gasteiger partial charge in [-0.2, -0.15) is 0 Å². The van der Waals surface area contributed by atoms with E-state index in [-0.39, 0.29) is 17.5 Å². The van der Waals surface area contributed by atoms with E-state index in [0.29, 0.717) is 5.88 Å². The third-order valence-electron chi connectivity index (χ3n) is 1.92. The Labute approximate surface area is 80.5 Å². The summed E-state index contributed by atoms with van der Waals surface area (Å²) < 4.78 is 5.34. The lowest BCUT2D eigenvalue weighted by atomic mass is 10.3. The monoisotopic (exact) mass is 194 g/mol. The first-order valence-electron chi connectivity index (χ1n) is 4.33. The Hall–Kier alpha value is -1.78. The molecule has 0 aromatic carbocycles. The molecule has 0 spiro atoms. The number of nitrogens with zero attached hydrogens (tertiary/aromatic N) is 1. The van der Waals surface area contributed by atoms with E-state index in [0.717, 1.165) is 12.8 Å². The molecule has 3 N–H and O–H groups in total. The van der Waals surface area contributed by atoms with Crippen LogP contribution in [-0.2, 0) is 0 Å². The Balaban J connectivity index is 2.24. The normalized spacial score (nSPS) is 15.1. The Bertz CT molecular complexity index is 374. The molecule has 5 nitrogen and oxygen atoms in total. The number of nitrogens with two attached hydrogens (primary N) is 1. The number of carbonyl (C=O) groups is 1. The first-order valence-corrected chi connectivity index (χ1v) is 4.33. The zero-order chi connectivity index (χ0) is 10.1. The number of carboxylic acid groups (broad SMARTS) is 1. The van der Waals surface area contributed by atoms with Crippen LogP contribution in [0, 0.1) is 0 Å². The van der Waals surface area contributed by atoms with Crippen molar-refractivity contribution in [2.45, 2.75) is 18.9 Å². The average molecular weight is 194 g/mol. The first-order chi connectivity index (χ1) is 6.66. The Morgan fingerprint density at radius 3 is 2.86 bits per heavy atom. The molecule has 0 bridgehead atoms. The molecule has 5 heteroatoms. The number of aromatic carboxylic acids is 1. The van der Waals surface area contributed by atoms with Crippen molar-refractivity contribution in [1.29, 1.82) is 0 Å². The maximum absolute atomic E-state index is 10.7. The van der Waals surface area contributed by atoms with Crippen molar-refractivity contribution in [3.63, 3.8) is 0 Å². The van der Waals surface area contributed by atoms with Crippen LogP contribution < -0.4 is 10.5 Å². The summed E-state index contributed by atoms with van der Waals surface area (Å²) in [6, 6.07) is 3.08. The third-order valence-corrected chi connectivity index (χ3v) is 1.92. The Kier molecular flexibility index (Phi) is 1.99. The largest absolute Gasteiger partial charge is 0.476 e. The molecular weight excluding hydrogens is 184 g/mol.